The van der Waals surface area contributed by atoms with Crippen LogP contribution in [-0.4, -0.2) is 40.6 Å². The van der Waals surface area contributed by atoms with Crippen LogP contribution in [0.2, 0.25) is 0 Å². The molecule has 0 spiro atoms. The van der Waals surface area contributed by atoms with Gasteiger partial charge in [-0.1, -0.05) is 20.8 Å². The fraction of sp³-hybridized carbons (Fsp3) is 0.800. The van der Waals surface area contributed by atoms with Gasteiger partial charge in [0.25, 0.3) is 0 Å². The molecule has 0 saturated carbocycles. The summed E-state index contributed by atoms with van der Waals surface area (Å²) in [6.45, 7) is 13.4. The maximum atomic E-state index is 4.79. The first-order valence-corrected chi connectivity index (χ1v) is 7.80. The predicted molar refractivity (Wildman–Crippen MR) is 79.4 cm³/mol. The topological polar surface area (TPSA) is 33.1 Å². The van der Waals surface area contributed by atoms with Gasteiger partial charge in [0.05, 0.1) is 5.69 Å². The molecule has 2 heterocycles. The van der Waals surface area contributed by atoms with Crippen molar-refractivity contribution in [3.05, 3.63) is 17.2 Å². The van der Waals surface area contributed by atoms with E-state index in [9.17, 15) is 0 Å². The Morgan fingerprint density at radius 3 is 2.74 bits per heavy atom. The minimum absolute atomic E-state index is 0.950. The van der Waals surface area contributed by atoms with Crippen molar-refractivity contribution in [2.75, 3.05) is 26.2 Å². The Kier molecular flexibility index (Phi) is 5.40. The summed E-state index contributed by atoms with van der Waals surface area (Å²) in [6, 6.07) is 0. The van der Waals surface area contributed by atoms with E-state index in [-0.39, 0.29) is 0 Å². The van der Waals surface area contributed by atoms with Crippen LogP contribution in [0.4, 0.5) is 0 Å². The number of nitrogens with one attached hydrogen (secondary N) is 1. The first-order valence-electron chi connectivity index (χ1n) is 7.80. The number of aromatic nitrogens is 2. The molecule has 1 N–H and O–H groups in total. The van der Waals surface area contributed by atoms with Crippen molar-refractivity contribution in [1.29, 1.82) is 0 Å². The van der Waals surface area contributed by atoms with Crippen molar-refractivity contribution in [1.82, 2.24) is 19.8 Å². The van der Waals surface area contributed by atoms with Crippen LogP contribution in [0.5, 0.6) is 0 Å². The molecular weight excluding hydrogens is 236 g/mol. The zero-order chi connectivity index (χ0) is 13.7. The summed E-state index contributed by atoms with van der Waals surface area (Å²) in [7, 11) is 0. The van der Waals surface area contributed by atoms with Crippen LogP contribution >= 0.6 is 0 Å². The van der Waals surface area contributed by atoms with E-state index in [0.717, 1.165) is 45.6 Å². The van der Waals surface area contributed by atoms with Crippen LogP contribution in [-0.2, 0) is 25.9 Å². The quantitative estimate of drug-likeness (QED) is 0.815. The van der Waals surface area contributed by atoms with E-state index >= 15 is 0 Å². The highest BCUT2D eigenvalue weighted by atomic mass is 15.1. The maximum Gasteiger partial charge on any atom is 0.108 e. The molecule has 0 unspecified atom stereocenters. The average Bonchev–Trinajstić information content (AvgIpc) is 2.82. The van der Waals surface area contributed by atoms with Gasteiger partial charge in [-0.25, -0.2) is 4.98 Å². The third-order valence-corrected chi connectivity index (χ3v) is 4.13. The Morgan fingerprint density at radius 1 is 1.26 bits per heavy atom. The molecule has 0 radical (unpaired) electrons. The van der Waals surface area contributed by atoms with Gasteiger partial charge in [-0.2, -0.15) is 0 Å². The first-order chi connectivity index (χ1) is 9.30. The van der Waals surface area contributed by atoms with Gasteiger partial charge >= 0.3 is 0 Å². The van der Waals surface area contributed by atoms with Crippen LogP contribution in [0, 0.1) is 0 Å². The summed E-state index contributed by atoms with van der Waals surface area (Å²) in [4.78, 5) is 7.29. The summed E-state index contributed by atoms with van der Waals surface area (Å²) < 4.78 is 2.49. The Morgan fingerprint density at radius 2 is 2.05 bits per heavy atom. The third-order valence-electron chi connectivity index (χ3n) is 4.13. The summed E-state index contributed by atoms with van der Waals surface area (Å²) in [5.74, 6) is 1.27. The average molecular weight is 264 g/mol. The van der Waals surface area contributed by atoms with Gasteiger partial charge in [0, 0.05) is 38.2 Å². The molecule has 0 bridgehead atoms. The molecule has 0 amide bonds. The molecule has 19 heavy (non-hydrogen) atoms. The molecule has 0 fully saturated rings. The Bertz CT molecular complexity index is 393. The highest BCUT2D eigenvalue weighted by Gasteiger charge is 2.18. The van der Waals surface area contributed by atoms with Crippen molar-refractivity contribution in [3.63, 3.8) is 0 Å². The number of fused-ring (bicyclic) bond motifs is 1. The van der Waals surface area contributed by atoms with Gasteiger partial charge in [-0.15, -0.1) is 0 Å². The molecule has 4 nitrogen and oxygen atoms in total. The van der Waals surface area contributed by atoms with Crippen molar-refractivity contribution in [3.8, 4) is 0 Å². The van der Waals surface area contributed by atoms with Crippen LogP contribution in [0.3, 0.4) is 0 Å². The van der Waals surface area contributed by atoms with E-state index in [2.05, 4.69) is 35.6 Å². The minimum Gasteiger partial charge on any atom is -0.332 e. The van der Waals surface area contributed by atoms with E-state index in [4.69, 9.17) is 4.98 Å². The van der Waals surface area contributed by atoms with Gasteiger partial charge in [0.1, 0.15) is 5.82 Å². The summed E-state index contributed by atoms with van der Waals surface area (Å²) in [5.41, 5.74) is 2.76. The third kappa shape index (κ3) is 3.37. The largest absolute Gasteiger partial charge is 0.332 e. The predicted octanol–water partition coefficient (Wildman–Crippen LogP) is 1.82. The lowest BCUT2D eigenvalue weighted by Crippen LogP contribution is -2.27. The molecule has 1 aromatic rings. The maximum absolute atomic E-state index is 4.79. The number of imidazole rings is 1. The summed E-state index contributed by atoms with van der Waals surface area (Å²) >= 11 is 0. The van der Waals surface area contributed by atoms with Gasteiger partial charge in [-0.05, 0) is 26.1 Å². The molecule has 0 aliphatic carbocycles. The highest BCUT2D eigenvalue weighted by molar-refractivity contribution is 5.20. The number of nitrogens with zero attached hydrogens (tertiary/aromatic N) is 3. The number of hydrogen-bond acceptors (Lipinski definition) is 3. The Balaban J connectivity index is 2.00. The van der Waals surface area contributed by atoms with Crippen molar-refractivity contribution in [2.45, 2.75) is 53.1 Å². The van der Waals surface area contributed by atoms with Gasteiger partial charge in [-0.3, -0.25) is 0 Å². The second-order valence-corrected chi connectivity index (χ2v) is 5.23. The second-order valence-electron chi connectivity index (χ2n) is 5.23. The lowest BCUT2D eigenvalue weighted by molar-refractivity contribution is 0.292. The van der Waals surface area contributed by atoms with Crippen LogP contribution < -0.4 is 5.32 Å². The molecule has 1 aliphatic rings. The first kappa shape index (κ1) is 14.5. The van der Waals surface area contributed by atoms with Crippen molar-refractivity contribution >= 4 is 0 Å². The van der Waals surface area contributed by atoms with Gasteiger partial charge in [0.15, 0.2) is 0 Å². The lowest BCUT2D eigenvalue weighted by atomic mass is 10.2. The summed E-state index contributed by atoms with van der Waals surface area (Å²) in [6.07, 6.45) is 3.40. The van der Waals surface area contributed by atoms with E-state index in [1.54, 1.807) is 0 Å². The van der Waals surface area contributed by atoms with Crippen LogP contribution in [0.25, 0.3) is 0 Å². The molecule has 2 rings (SSSR count). The van der Waals surface area contributed by atoms with E-state index in [1.165, 1.54) is 30.2 Å². The second kappa shape index (κ2) is 7.06. The standard InChI is InChI=1S/C15H28N4/c1-4-15-17-13-12-16-9-8-14(13)19(15)11-7-10-18(5-2)6-3/h16H,4-12H2,1-3H3. The van der Waals surface area contributed by atoms with Gasteiger partial charge < -0.3 is 14.8 Å². The van der Waals surface area contributed by atoms with E-state index < -0.39 is 0 Å². The Hall–Kier alpha value is -0.870. The van der Waals surface area contributed by atoms with E-state index in [1.807, 2.05) is 0 Å². The molecule has 0 atom stereocenters. The fourth-order valence-corrected chi connectivity index (χ4v) is 2.95. The summed E-state index contributed by atoms with van der Waals surface area (Å²) in [5, 5.41) is 3.41. The number of rotatable bonds is 7. The smallest absolute Gasteiger partial charge is 0.108 e. The molecule has 0 saturated heterocycles. The number of aryl methyl sites for hydroxylation is 1. The number of hydrogen-bond donors (Lipinski definition) is 1. The molecule has 1 aliphatic heterocycles. The highest BCUT2D eigenvalue weighted by Crippen LogP contribution is 2.17. The normalized spacial score (nSPS) is 14.9. The van der Waals surface area contributed by atoms with Gasteiger partial charge in [0.2, 0.25) is 0 Å². The molecule has 4 heteroatoms. The zero-order valence-electron chi connectivity index (χ0n) is 12.7. The Labute approximate surface area is 117 Å². The van der Waals surface area contributed by atoms with Crippen LogP contribution in [0.1, 0.15) is 44.4 Å². The molecular formula is C15H28N4. The van der Waals surface area contributed by atoms with Crippen molar-refractivity contribution in [2.24, 2.45) is 0 Å². The SMILES string of the molecule is CCc1nc2c(n1CCCN(CC)CC)CCNC2. The van der Waals surface area contributed by atoms with Crippen LogP contribution in [0.15, 0.2) is 0 Å². The molecule has 0 aromatic carbocycles. The van der Waals surface area contributed by atoms with Crippen molar-refractivity contribution < 1.29 is 0 Å². The van der Waals surface area contributed by atoms with E-state index in [0.29, 0.717) is 0 Å². The zero-order valence-corrected chi connectivity index (χ0v) is 12.7. The monoisotopic (exact) mass is 264 g/mol. The minimum atomic E-state index is 0.950. The molecule has 108 valence electrons. The lowest BCUT2D eigenvalue weighted by Gasteiger charge is -2.20. The fourth-order valence-electron chi connectivity index (χ4n) is 2.95. The molecule has 1 aromatic heterocycles.